The molecule has 0 saturated heterocycles. The summed E-state index contributed by atoms with van der Waals surface area (Å²) in [5, 5.41) is 17.3. The van der Waals surface area contributed by atoms with Crippen molar-refractivity contribution in [2.45, 2.75) is 6.42 Å². The Morgan fingerprint density at radius 3 is 2.71 bits per heavy atom. The number of hydrogen-bond acceptors (Lipinski definition) is 3. The summed E-state index contributed by atoms with van der Waals surface area (Å²) in [5.41, 5.74) is 3.98. The molecule has 6 heteroatoms. The molecule has 2 heterocycles. The summed E-state index contributed by atoms with van der Waals surface area (Å²) in [6.07, 6.45) is 0.828. The fourth-order valence-corrected chi connectivity index (χ4v) is 3.19. The van der Waals surface area contributed by atoms with E-state index in [4.69, 9.17) is 16.9 Å². The number of anilines is 1. The molecule has 2 aromatic carbocycles. The molecule has 0 bridgehead atoms. The van der Waals surface area contributed by atoms with Crippen LogP contribution in [-0.4, -0.2) is 16.3 Å². The molecule has 1 aromatic heterocycles. The molecular weight excluding hydrogens is 327 g/mol. The van der Waals surface area contributed by atoms with Crippen LogP contribution in [0.2, 0.25) is 5.02 Å². The third kappa shape index (κ3) is 2.32. The first-order valence-electron chi connectivity index (χ1n) is 7.49. The van der Waals surface area contributed by atoms with Crippen molar-refractivity contribution in [3.05, 3.63) is 64.4 Å². The van der Waals surface area contributed by atoms with Gasteiger partial charge in [-0.3, -0.25) is 0 Å². The van der Waals surface area contributed by atoms with Gasteiger partial charge in [-0.05, 0) is 48.9 Å². The van der Waals surface area contributed by atoms with Gasteiger partial charge in [0.25, 0.3) is 0 Å². The Bertz CT molecular complexity index is 970. The highest BCUT2D eigenvalue weighted by Gasteiger charge is 2.25. The van der Waals surface area contributed by atoms with Crippen LogP contribution in [0, 0.1) is 17.1 Å². The van der Waals surface area contributed by atoms with Crippen LogP contribution < -0.4 is 5.32 Å². The number of nitriles is 1. The number of rotatable bonds is 2. The van der Waals surface area contributed by atoms with Crippen LogP contribution in [0.15, 0.2) is 42.5 Å². The Kier molecular flexibility index (Phi) is 3.47. The second-order valence-corrected chi connectivity index (χ2v) is 5.95. The lowest BCUT2D eigenvalue weighted by Gasteiger charge is -2.06. The van der Waals surface area contributed by atoms with E-state index in [1.165, 1.54) is 12.1 Å². The van der Waals surface area contributed by atoms with E-state index in [0.717, 1.165) is 35.7 Å². The summed E-state index contributed by atoms with van der Waals surface area (Å²) in [6.45, 7) is 0.815. The second-order valence-electron chi connectivity index (χ2n) is 5.55. The first-order chi connectivity index (χ1) is 11.7. The van der Waals surface area contributed by atoms with Crippen LogP contribution in [0.25, 0.3) is 16.9 Å². The first kappa shape index (κ1) is 14.7. The molecule has 0 radical (unpaired) electrons. The lowest BCUT2D eigenvalue weighted by molar-refractivity contribution is 0.628. The van der Waals surface area contributed by atoms with Crippen LogP contribution in [0.4, 0.5) is 10.2 Å². The zero-order valence-electron chi connectivity index (χ0n) is 12.6. The maximum absolute atomic E-state index is 13.3. The van der Waals surface area contributed by atoms with Crippen molar-refractivity contribution in [3.63, 3.8) is 0 Å². The third-order valence-corrected chi connectivity index (χ3v) is 4.39. The van der Waals surface area contributed by atoms with Gasteiger partial charge in [-0.15, -0.1) is 0 Å². The fourth-order valence-electron chi connectivity index (χ4n) is 2.94. The van der Waals surface area contributed by atoms with E-state index in [-0.39, 0.29) is 5.82 Å². The van der Waals surface area contributed by atoms with Gasteiger partial charge in [0.05, 0.1) is 28.0 Å². The maximum Gasteiger partial charge on any atom is 0.133 e. The number of hydrogen-bond donors (Lipinski definition) is 1. The van der Waals surface area contributed by atoms with Crippen molar-refractivity contribution in [1.82, 2.24) is 9.78 Å². The normalized spacial score (nSPS) is 12.5. The SMILES string of the molecule is N#Cc1ccc(-n2nc(-c3ccc(F)cc3Cl)c3c2NCC3)cc1. The van der Waals surface area contributed by atoms with Gasteiger partial charge in [-0.25, -0.2) is 9.07 Å². The summed E-state index contributed by atoms with van der Waals surface area (Å²) in [5.74, 6) is 0.542. The largest absolute Gasteiger partial charge is 0.369 e. The van der Waals surface area contributed by atoms with E-state index < -0.39 is 0 Å². The molecule has 0 aliphatic carbocycles. The van der Waals surface area contributed by atoms with Gasteiger partial charge in [0, 0.05) is 17.7 Å². The van der Waals surface area contributed by atoms with E-state index in [1.54, 1.807) is 22.9 Å². The van der Waals surface area contributed by atoms with Crippen LogP contribution in [0.3, 0.4) is 0 Å². The maximum atomic E-state index is 13.3. The topological polar surface area (TPSA) is 53.6 Å². The molecule has 4 rings (SSSR count). The van der Waals surface area contributed by atoms with Crippen LogP contribution in [-0.2, 0) is 6.42 Å². The Morgan fingerprint density at radius 2 is 2.00 bits per heavy atom. The molecule has 1 aliphatic heterocycles. The Hall–Kier alpha value is -2.84. The highest BCUT2D eigenvalue weighted by molar-refractivity contribution is 6.33. The number of nitrogens with one attached hydrogen (secondary N) is 1. The van der Waals surface area contributed by atoms with Crippen molar-refractivity contribution in [2.75, 3.05) is 11.9 Å². The number of fused-ring (bicyclic) bond motifs is 1. The molecule has 0 amide bonds. The molecule has 0 fully saturated rings. The highest BCUT2D eigenvalue weighted by atomic mass is 35.5. The van der Waals surface area contributed by atoms with Gasteiger partial charge in [0.15, 0.2) is 0 Å². The standard InChI is InChI=1S/C18H12ClFN4/c19-16-9-12(20)3-6-14(16)17-15-7-8-22-18(15)24(23-17)13-4-1-11(10-21)2-5-13/h1-6,9,22H,7-8H2. The smallest absolute Gasteiger partial charge is 0.133 e. The van der Waals surface area contributed by atoms with E-state index in [2.05, 4.69) is 16.5 Å². The minimum absolute atomic E-state index is 0.342. The van der Waals surface area contributed by atoms with Gasteiger partial charge >= 0.3 is 0 Å². The van der Waals surface area contributed by atoms with Gasteiger partial charge in [-0.2, -0.15) is 10.4 Å². The molecule has 3 aromatic rings. The molecule has 0 spiro atoms. The molecule has 118 valence electrons. The molecule has 24 heavy (non-hydrogen) atoms. The number of nitrogens with zero attached hydrogens (tertiary/aromatic N) is 3. The highest BCUT2D eigenvalue weighted by Crippen LogP contribution is 2.37. The Morgan fingerprint density at radius 1 is 1.21 bits per heavy atom. The Labute approximate surface area is 143 Å². The fraction of sp³-hybridized carbons (Fsp3) is 0.111. The zero-order valence-corrected chi connectivity index (χ0v) is 13.3. The summed E-state index contributed by atoms with van der Waals surface area (Å²) >= 11 is 6.21. The summed E-state index contributed by atoms with van der Waals surface area (Å²) in [4.78, 5) is 0. The monoisotopic (exact) mass is 338 g/mol. The predicted molar refractivity (Wildman–Crippen MR) is 90.9 cm³/mol. The summed E-state index contributed by atoms with van der Waals surface area (Å²) in [7, 11) is 0. The molecule has 0 unspecified atom stereocenters. The van der Waals surface area contributed by atoms with Crippen molar-refractivity contribution in [2.24, 2.45) is 0 Å². The third-order valence-electron chi connectivity index (χ3n) is 4.08. The molecule has 1 aliphatic rings. The van der Waals surface area contributed by atoms with Crippen LogP contribution in [0.5, 0.6) is 0 Å². The van der Waals surface area contributed by atoms with Gasteiger partial charge in [0.1, 0.15) is 11.6 Å². The van der Waals surface area contributed by atoms with Crippen molar-refractivity contribution < 1.29 is 4.39 Å². The molecular formula is C18H12ClFN4. The summed E-state index contributed by atoms with van der Waals surface area (Å²) in [6, 6.07) is 13.6. The number of benzene rings is 2. The molecule has 1 N–H and O–H groups in total. The van der Waals surface area contributed by atoms with Gasteiger partial charge < -0.3 is 5.32 Å². The van der Waals surface area contributed by atoms with Crippen molar-refractivity contribution in [1.29, 1.82) is 5.26 Å². The average molecular weight is 339 g/mol. The number of aromatic nitrogens is 2. The van der Waals surface area contributed by atoms with Gasteiger partial charge in [-0.1, -0.05) is 11.6 Å². The van der Waals surface area contributed by atoms with E-state index >= 15 is 0 Å². The number of halogens is 2. The minimum atomic E-state index is -0.370. The van der Waals surface area contributed by atoms with Crippen molar-refractivity contribution in [3.8, 4) is 23.0 Å². The quantitative estimate of drug-likeness (QED) is 0.763. The molecule has 0 atom stereocenters. The second kappa shape index (κ2) is 5.66. The average Bonchev–Trinajstić information content (AvgIpc) is 3.18. The summed E-state index contributed by atoms with van der Waals surface area (Å²) < 4.78 is 15.1. The lowest BCUT2D eigenvalue weighted by atomic mass is 10.1. The Balaban J connectivity index is 1.87. The van der Waals surface area contributed by atoms with Gasteiger partial charge in [0.2, 0.25) is 0 Å². The molecule has 0 saturated carbocycles. The lowest BCUT2D eigenvalue weighted by Crippen LogP contribution is -2.04. The minimum Gasteiger partial charge on any atom is -0.369 e. The van der Waals surface area contributed by atoms with Crippen LogP contribution in [0.1, 0.15) is 11.1 Å². The van der Waals surface area contributed by atoms with Crippen LogP contribution >= 0.6 is 11.6 Å². The van der Waals surface area contributed by atoms with E-state index in [0.29, 0.717) is 16.1 Å². The zero-order chi connectivity index (χ0) is 16.7. The predicted octanol–water partition coefficient (Wildman–Crippen LogP) is 4.17. The first-order valence-corrected chi connectivity index (χ1v) is 7.87. The van der Waals surface area contributed by atoms with E-state index in [9.17, 15) is 4.39 Å². The van der Waals surface area contributed by atoms with E-state index in [1.807, 2.05) is 12.1 Å². The molecule has 4 nitrogen and oxygen atoms in total. The van der Waals surface area contributed by atoms with Crippen molar-refractivity contribution >= 4 is 17.4 Å².